The summed E-state index contributed by atoms with van der Waals surface area (Å²) in [5.41, 5.74) is 0.743. The van der Waals surface area contributed by atoms with Gasteiger partial charge >= 0.3 is 0 Å². The molecule has 1 aromatic carbocycles. The molecule has 0 saturated heterocycles. The molecule has 1 aliphatic rings. The van der Waals surface area contributed by atoms with Gasteiger partial charge in [-0.3, -0.25) is 9.59 Å². The van der Waals surface area contributed by atoms with Crippen LogP contribution in [0.4, 0.5) is 0 Å². The van der Waals surface area contributed by atoms with Crippen LogP contribution in [0.3, 0.4) is 0 Å². The van der Waals surface area contributed by atoms with Gasteiger partial charge < -0.3 is 10.6 Å². The topological polar surface area (TPSA) is 94.9 Å². The average Bonchev–Trinajstić information content (AvgIpc) is 3.23. The lowest BCUT2D eigenvalue weighted by Gasteiger charge is -2.08. The smallest absolute Gasteiger partial charge is 0.244 e. The third kappa shape index (κ3) is 3.86. The van der Waals surface area contributed by atoms with Crippen molar-refractivity contribution in [3.63, 3.8) is 0 Å². The van der Waals surface area contributed by atoms with Crippen LogP contribution in [-0.2, 0) is 9.59 Å². The normalized spacial score (nSPS) is 15.0. The molecule has 1 saturated carbocycles. The minimum atomic E-state index is -1.01. The largest absolute Gasteiger partial charge is 0.352 e. The highest BCUT2D eigenvalue weighted by molar-refractivity contribution is 9.10. The van der Waals surface area contributed by atoms with Crippen LogP contribution in [0.5, 0.6) is 0 Å². The highest BCUT2D eigenvalue weighted by Gasteiger charge is 2.26. The molecule has 1 fully saturated rings. The molecule has 0 spiro atoms. The zero-order chi connectivity index (χ0) is 16.4. The Morgan fingerprint density at radius 3 is 2.96 bits per heavy atom. The van der Waals surface area contributed by atoms with E-state index in [4.69, 9.17) is 0 Å². The summed E-state index contributed by atoms with van der Waals surface area (Å²) in [7, 11) is 0. The second-order valence-electron chi connectivity index (χ2n) is 5.29. The van der Waals surface area contributed by atoms with Crippen LogP contribution in [-0.4, -0.2) is 29.4 Å². The van der Waals surface area contributed by atoms with Crippen LogP contribution in [0, 0.1) is 11.3 Å². The first kappa shape index (κ1) is 15.9. The van der Waals surface area contributed by atoms with E-state index in [1.54, 1.807) is 0 Å². The van der Waals surface area contributed by atoms with E-state index >= 15 is 0 Å². The first-order valence-electron chi connectivity index (χ1n) is 7.09. The molecular formula is C15H13BrN4O2S. The van der Waals surface area contributed by atoms with Gasteiger partial charge in [0, 0.05) is 10.5 Å². The number of halogens is 1. The first-order valence-corrected chi connectivity index (χ1v) is 8.70. The lowest BCUT2D eigenvalue weighted by molar-refractivity contribution is -0.126. The standard InChI is InChI=1S/C15H13BrN4O2S/c16-8-1-4-11-12(5-8)23-15(20-11)10(6-17)14(22)18-7-13(21)19-9-2-3-9/h1,4-5,9-10H,2-3,7H2,(H,18,22)(H,19,21). The Balaban J connectivity index is 1.68. The molecule has 6 nitrogen and oxygen atoms in total. The Morgan fingerprint density at radius 2 is 2.26 bits per heavy atom. The fourth-order valence-electron chi connectivity index (χ4n) is 2.04. The van der Waals surface area contributed by atoms with E-state index in [9.17, 15) is 14.9 Å². The number of nitrogens with one attached hydrogen (secondary N) is 2. The van der Waals surface area contributed by atoms with Crippen molar-refractivity contribution in [3.05, 3.63) is 27.7 Å². The van der Waals surface area contributed by atoms with Crippen LogP contribution in [0.15, 0.2) is 22.7 Å². The van der Waals surface area contributed by atoms with Crippen molar-refractivity contribution in [2.45, 2.75) is 24.8 Å². The molecule has 2 amide bonds. The number of rotatable bonds is 5. The van der Waals surface area contributed by atoms with E-state index < -0.39 is 11.8 Å². The molecule has 8 heteroatoms. The summed E-state index contributed by atoms with van der Waals surface area (Å²) in [5.74, 6) is -1.75. The zero-order valence-corrected chi connectivity index (χ0v) is 14.4. The number of carbonyl (C=O) groups excluding carboxylic acids is 2. The number of fused-ring (bicyclic) bond motifs is 1. The molecule has 1 aromatic heterocycles. The number of aromatic nitrogens is 1. The summed E-state index contributed by atoms with van der Waals surface area (Å²) < 4.78 is 1.81. The number of carbonyl (C=O) groups is 2. The van der Waals surface area contributed by atoms with Crippen molar-refractivity contribution in [3.8, 4) is 6.07 Å². The van der Waals surface area contributed by atoms with E-state index in [0.717, 1.165) is 27.5 Å². The first-order chi connectivity index (χ1) is 11.1. The Labute approximate surface area is 145 Å². The van der Waals surface area contributed by atoms with Gasteiger partial charge in [0.15, 0.2) is 5.92 Å². The Hall–Kier alpha value is -1.98. The lowest BCUT2D eigenvalue weighted by Crippen LogP contribution is -2.39. The number of nitrogens with zero attached hydrogens (tertiary/aromatic N) is 2. The van der Waals surface area contributed by atoms with Gasteiger partial charge in [-0.25, -0.2) is 4.98 Å². The van der Waals surface area contributed by atoms with Gasteiger partial charge in [-0.05, 0) is 31.0 Å². The third-order valence-corrected chi connectivity index (χ3v) is 4.95. The molecule has 2 N–H and O–H groups in total. The SMILES string of the molecule is N#CC(C(=O)NCC(=O)NC1CC1)c1nc2ccc(Br)cc2s1. The number of benzene rings is 1. The number of hydrogen-bond acceptors (Lipinski definition) is 5. The van der Waals surface area contributed by atoms with Crippen LogP contribution >= 0.6 is 27.3 Å². The van der Waals surface area contributed by atoms with Crippen LogP contribution in [0.1, 0.15) is 23.8 Å². The highest BCUT2D eigenvalue weighted by atomic mass is 79.9. The molecule has 1 unspecified atom stereocenters. The Morgan fingerprint density at radius 1 is 1.48 bits per heavy atom. The zero-order valence-electron chi connectivity index (χ0n) is 12.0. The van der Waals surface area contributed by atoms with Gasteiger partial charge in [0.2, 0.25) is 11.8 Å². The number of hydrogen-bond donors (Lipinski definition) is 2. The highest BCUT2D eigenvalue weighted by Crippen LogP contribution is 2.29. The summed E-state index contributed by atoms with van der Waals surface area (Å²) in [4.78, 5) is 28.1. The predicted molar refractivity (Wildman–Crippen MR) is 89.8 cm³/mol. The lowest BCUT2D eigenvalue weighted by atomic mass is 10.1. The predicted octanol–water partition coefficient (Wildman–Crippen LogP) is 2.06. The van der Waals surface area contributed by atoms with Gasteiger partial charge in [0.25, 0.3) is 0 Å². The summed E-state index contributed by atoms with van der Waals surface area (Å²) in [6, 6.07) is 7.79. The van der Waals surface area contributed by atoms with Crippen molar-refractivity contribution in [1.29, 1.82) is 5.26 Å². The minimum absolute atomic E-state index is 0.121. The molecule has 1 aliphatic carbocycles. The van der Waals surface area contributed by atoms with E-state index in [0.29, 0.717) is 5.01 Å². The second kappa shape index (κ2) is 6.64. The molecule has 23 heavy (non-hydrogen) atoms. The van der Waals surface area contributed by atoms with E-state index in [1.165, 1.54) is 11.3 Å². The summed E-state index contributed by atoms with van der Waals surface area (Å²) in [6.45, 7) is -0.121. The monoisotopic (exact) mass is 392 g/mol. The number of amides is 2. The van der Waals surface area contributed by atoms with Gasteiger partial charge in [0.05, 0.1) is 22.8 Å². The minimum Gasteiger partial charge on any atom is -0.352 e. The van der Waals surface area contributed by atoms with Gasteiger partial charge in [-0.15, -0.1) is 11.3 Å². The summed E-state index contributed by atoms with van der Waals surface area (Å²) in [5, 5.41) is 15.0. The van der Waals surface area contributed by atoms with Gasteiger partial charge in [-0.2, -0.15) is 5.26 Å². The van der Waals surface area contributed by atoms with E-state index in [2.05, 4.69) is 31.5 Å². The molecule has 0 radical (unpaired) electrons. The molecule has 118 valence electrons. The Kier molecular flexibility index (Phi) is 4.59. The quantitative estimate of drug-likeness (QED) is 0.813. The third-order valence-electron chi connectivity index (χ3n) is 3.37. The van der Waals surface area contributed by atoms with Gasteiger partial charge in [-0.1, -0.05) is 15.9 Å². The molecular weight excluding hydrogens is 380 g/mol. The van der Waals surface area contributed by atoms with Crippen molar-refractivity contribution < 1.29 is 9.59 Å². The maximum absolute atomic E-state index is 12.2. The van der Waals surface area contributed by atoms with Crippen molar-refractivity contribution in [1.82, 2.24) is 15.6 Å². The van der Waals surface area contributed by atoms with E-state index in [-0.39, 0.29) is 18.5 Å². The summed E-state index contributed by atoms with van der Waals surface area (Å²) >= 11 is 4.68. The Bertz CT molecular complexity index is 809. The van der Waals surface area contributed by atoms with Crippen molar-refractivity contribution in [2.24, 2.45) is 0 Å². The molecule has 1 atom stereocenters. The van der Waals surface area contributed by atoms with Gasteiger partial charge in [0.1, 0.15) is 5.01 Å². The number of nitriles is 1. The van der Waals surface area contributed by atoms with Crippen molar-refractivity contribution in [2.75, 3.05) is 6.54 Å². The average molecular weight is 393 g/mol. The second-order valence-corrected chi connectivity index (χ2v) is 7.26. The molecule has 3 rings (SSSR count). The molecule has 2 aromatic rings. The van der Waals surface area contributed by atoms with Crippen LogP contribution in [0.25, 0.3) is 10.2 Å². The van der Waals surface area contributed by atoms with Crippen LogP contribution < -0.4 is 10.6 Å². The van der Waals surface area contributed by atoms with E-state index in [1.807, 2.05) is 24.3 Å². The van der Waals surface area contributed by atoms with Crippen molar-refractivity contribution >= 4 is 49.3 Å². The maximum Gasteiger partial charge on any atom is 0.244 e. The molecule has 0 aliphatic heterocycles. The van der Waals surface area contributed by atoms with Crippen LogP contribution in [0.2, 0.25) is 0 Å². The molecule has 0 bridgehead atoms. The molecule has 1 heterocycles. The fraction of sp³-hybridized carbons (Fsp3) is 0.333. The number of thiazole rings is 1. The maximum atomic E-state index is 12.2. The summed E-state index contributed by atoms with van der Waals surface area (Å²) in [6.07, 6.45) is 1.98. The fourth-order valence-corrected chi connectivity index (χ4v) is 3.61.